The Hall–Kier alpha value is -2.18. The average molecular weight is 567 g/mol. The van der Waals surface area contributed by atoms with Crippen molar-refractivity contribution in [2.45, 2.75) is 52.6 Å². The van der Waals surface area contributed by atoms with Gasteiger partial charge in [0.15, 0.2) is 11.7 Å². The molecule has 1 unspecified atom stereocenters. The summed E-state index contributed by atoms with van der Waals surface area (Å²) < 4.78 is 52.3. The van der Waals surface area contributed by atoms with E-state index in [9.17, 15) is 13.2 Å². The number of alkyl halides is 3. The second kappa shape index (κ2) is 11.1. The van der Waals surface area contributed by atoms with Crippen molar-refractivity contribution in [3.8, 4) is 11.5 Å². The van der Waals surface area contributed by atoms with E-state index in [1.54, 1.807) is 0 Å². The van der Waals surface area contributed by atoms with Gasteiger partial charge < -0.3 is 20.1 Å². The Bertz CT molecular complexity index is 946. The van der Waals surface area contributed by atoms with Gasteiger partial charge in [-0.1, -0.05) is 0 Å². The summed E-state index contributed by atoms with van der Waals surface area (Å²) in [4.78, 5) is 4.32. The van der Waals surface area contributed by atoms with Crippen LogP contribution in [0.2, 0.25) is 0 Å². The van der Waals surface area contributed by atoms with E-state index in [0.29, 0.717) is 25.7 Å². The van der Waals surface area contributed by atoms with Gasteiger partial charge in [-0.15, -0.1) is 24.0 Å². The molecule has 2 aromatic rings. The molecule has 0 amide bonds. The number of benzene rings is 1. The van der Waals surface area contributed by atoms with E-state index in [2.05, 4.69) is 20.7 Å². The first kappa shape index (κ1) is 26.1. The second-order valence-corrected chi connectivity index (χ2v) is 7.36. The van der Waals surface area contributed by atoms with Gasteiger partial charge in [-0.3, -0.25) is 4.68 Å². The molecular weight excluding hydrogens is 538 g/mol. The average Bonchev–Trinajstić information content (AvgIpc) is 3.25. The van der Waals surface area contributed by atoms with Crippen LogP contribution >= 0.6 is 24.0 Å². The van der Waals surface area contributed by atoms with Crippen molar-refractivity contribution in [3.05, 3.63) is 40.7 Å². The highest BCUT2D eigenvalue weighted by Gasteiger charge is 2.36. The molecule has 0 saturated heterocycles. The van der Waals surface area contributed by atoms with Crippen LogP contribution in [0.5, 0.6) is 11.5 Å². The molecule has 32 heavy (non-hydrogen) atoms. The number of halogens is 4. The fourth-order valence-corrected chi connectivity index (χ4v) is 3.49. The van der Waals surface area contributed by atoms with E-state index in [-0.39, 0.29) is 42.2 Å². The van der Waals surface area contributed by atoms with Crippen LogP contribution in [-0.2, 0) is 32.7 Å². The molecule has 1 aliphatic heterocycles. The fourth-order valence-electron chi connectivity index (χ4n) is 3.49. The smallest absolute Gasteiger partial charge is 0.435 e. The number of aromatic nitrogens is 2. The van der Waals surface area contributed by atoms with Crippen molar-refractivity contribution in [1.29, 1.82) is 0 Å². The Morgan fingerprint density at radius 3 is 2.69 bits per heavy atom. The summed E-state index contributed by atoms with van der Waals surface area (Å²) >= 11 is 0. The highest BCUT2D eigenvalue weighted by atomic mass is 127. The number of hydrogen-bond donors (Lipinski definition) is 2. The first-order valence-electron chi connectivity index (χ1n) is 10.3. The molecule has 0 aliphatic carbocycles. The Morgan fingerprint density at radius 2 is 2.03 bits per heavy atom. The van der Waals surface area contributed by atoms with Gasteiger partial charge in [0.2, 0.25) is 0 Å². The maximum absolute atomic E-state index is 13.2. The van der Waals surface area contributed by atoms with Crippen LogP contribution in [0.4, 0.5) is 13.2 Å². The second-order valence-electron chi connectivity index (χ2n) is 7.36. The predicted molar refractivity (Wildman–Crippen MR) is 127 cm³/mol. The van der Waals surface area contributed by atoms with Crippen molar-refractivity contribution >= 4 is 29.9 Å². The molecule has 0 radical (unpaired) electrons. The van der Waals surface area contributed by atoms with Gasteiger partial charge in [0.1, 0.15) is 17.6 Å². The molecule has 1 aliphatic rings. The number of aryl methyl sites for hydroxylation is 1. The minimum Gasteiger partial charge on any atom is -0.494 e. The van der Waals surface area contributed by atoms with Crippen molar-refractivity contribution < 1.29 is 22.6 Å². The summed E-state index contributed by atoms with van der Waals surface area (Å²) in [6.07, 6.45) is -2.23. The number of hydrogen-bond acceptors (Lipinski definition) is 4. The number of ether oxygens (including phenoxy) is 2. The zero-order valence-corrected chi connectivity index (χ0v) is 20.9. The summed E-state index contributed by atoms with van der Waals surface area (Å²) in [6, 6.07) is 3.94. The van der Waals surface area contributed by atoms with Gasteiger partial charge in [0.25, 0.3) is 0 Å². The standard InChI is InChI=1S/C21H28F3N5O2.HI/c1-5-25-20(27-11-16-12-29(4)28-19(16)21(22,23)24)26-10-15-9-18-14(7-13(3)31-18)8-17(15)30-6-2;/h8-9,12-13H,5-7,10-11H2,1-4H3,(H2,25,26,27);1H. The van der Waals surface area contributed by atoms with Crippen LogP contribution in [0.25, 0.3) is 0 Å². The molecule has 11 heteroatoms. The Balaban J connectivity index is 0.00000363. The molecule has 178 valence electrons. The molecule has 0 bridgehead atoms. The van der Waals surface area contributed by atoms with Crippen molar-refractivity contribution in [2.75, 3.05) is 13.2 Å². The summed E-state index contributed by atoms with van der Waals surface area (Å²) in [6.45, 7) is 7.14. The Labute approximate surface area is 202 Å². The Kier molecular flexibility index (Phi) is 9.05. The van der Waals surface area contributed by atoms with Crippen LogP contribution in [0.1, 0.15) is 43.2 Å². The van der Waals surface area contributed by atoms with Gasteiger partial charge >= 0.3 is 6.18 Å². The third kappa shape index (κ3) is 6.42. The van der Waals surface area contributed by atoms with Gasteiger partial charge in [-0.2, -0.15) is 18.3 Å². The van der Waals surface area contributed by atoms with E-state index in [4.69, 9.17) is 9.47 Å². The van der Waals surface area contributed by atoms with Gasteiger partial charge in [0, 0.05) is 49.4 Å². The first-order valence-corrected chi connectivity index (χ1v) is 10.3. The summed E-state index contributed by atoms with van der Waals surface area (Å²) in [5.74, 6) is 1.99. The van der Waals surface area contributed by atoms with E-state index in [0.717, 1.165) is 33.7 Å². The number of aliphatic imine (C=N–C) groups is 1. The quantitative estimate of drug-likeness (QED) is 0.301. The minimum atomic E-state index is -4.52. The molecule has 0 saturated carbocycles. The molecule has 3 rings (SSSR count). The van der Waals surface area contributed by atoms with Gasteiger partial charge in [-0.05, 0) is 32.9 Å². The molecule has 2 N–H and O–H groups in total. The SMILES string of the molecule is CCNC(=NCc1cn(C)nc1C(F)(F)F)NCc1cc2c(cc1OCC)CC(C)O2.I. The largest absolute Gasteiger partial charge is 0.494 e. The Morgan fingerprint density at radius 1 is 1.28 bits per heavy atom. The molecule has 1 aromatic heterocycles. The summed E-state index contributed by atoms with van der Waals surface area (Å²) in [5.41, 5.74) is 1.09. The van der Waals surface area contributed by atoms with Crippen molar-refractivity contribution in [2.24, 2.45) is 12.0 Å². The normalized spacial score (nSPS) is 15.6. The maximum atomic E-state index is 13.2. The molecule has 0 fully saturated rings. The number of fused-ring (bicyclic) bond motifs is 1. The lowest BCUT2D eigenvalue weighted by molar-refractivity contribution is -0.142. The minimum absolute atomic E-state index is 0. The van der Waals surface area contributed by atoms with Crippen LogP contribution in [-0.4, -0.2) is 35.0 Å². The topological polar surface area (TPSA) is 72.7 Å². The van der Waals surface area contributed by atoms with Crippen LogP contribution in [0.15, 0.2) is 23.3 Å². The number of guanidine groups is 1. The molecule has 1 atom stereocenters. The summed E-state index contributed by atoms with van der Waals surface area (Å²) in [5, 5.41) is 9.75. The predicted octanol–water partition coefficient (Wildman–Crippen LogP) is 4.03. The highest BCUT2D eigenvalue weighted by molar-refractivity contribution is 14.0. The summed E-state index contributed by atoms with van der Waals surface area (Å²) in [7, 11) is 1.46. The van der Waals surface area contributed by atoms with Crippen molar-refractivity contribution in [3.63, 3.8) is 0 Å². The van der Waals surface area contributed by atoms with Gasteiger partial charge in [-0.25, -0.2) is 4.99 Å². The van der Waals surface area contributed by atoms with Crippen LogP contribution in [0, 0.1) is 0 Å². The lowest BCUT2D eigenvalue weighted by Crippen LogP contribution is -2.37. The van der Waals surface area contributed by atoms with Crippen LogP contribution < -0.4 is 20.1 Å². The van der Waals surface area contributed by atoms with E-state index in [1.165, 1.54) is 13.2 Å². The number of nitrogens with one attached hydrogen (secondary N) is 2. The van der Waals surface area contributed by atoms with Crippen molar-refractivity contribution in [1.82, 2.24) is 20.4 Å². The highest BCUT2D eigenvalue weighted by Crippen LogP contribution is 2.35. The monoisotopic (exact) mass is 567 g/mol. The van der Waals surface area contributed by atoms with E-state index < -0.39 is 11.9 Å². The van der Waals surface area contributed by atoms with Crippen LogP contribution in [0.3, 0.4) is 0 Å². The molecule has 0 spiro atoms. The zero-order valence-electron chi connectivity index (χ0n) is 18.5. The molecule has 7 nitrogen and oxygen atoms in total. The lowest BCUT2D eigenvalue weighted by atomic mass is 10.1. The third-order valence-corrected chi connectivity index (χ3v) is 4.75. The number of rotatable bonds is 7. The molecular formula is C21H29F3IN5O2. The lowest BCUT2D eigenvalue weighted by Gasteiger charge is -2.15. The maximum Gasteiger partial charge on any atom is 0.435 e. The first-order chi connectivity index (χ1) is 14.7. The molecule has 1 aromatic carbocycles. The fraction of sp³-hybridized carbons (Fsp3) is 0.524. The third-order valence-electron chi connectivity index (χ3n) is 4.75. The number of nitrogens with zero attached hydrogens (tertiary/aromatic N) is 3. The molecule has 2 heterocycles. The van der Waals surface area contributed by atoms with E-state index in [1.807, 2.05) is 32.9 Å². The van der Waals surface area contributed by atoms with Gasteiger partial charge in [0.05, 0.1) is 13.2 Å². The van der Waals surface area contributed by atoms with E-state index >= 15 is 0 Å². The zero-order chi connectivity index (χ0) is 22.6.